The lowest BCUT2D eigenvalue weighted by Gasteiger charge is -2.29. The average molecular weight is 266 g/mol. The monoisotopic (exact) mass is 266 g/mol. The number of likely N-dealkylation sites (N-methyl/N-ethyl adjacent to an activating group) is 1. The summed E-state index contributed by atoms with van der Waals surface area (Å²) in [7, 11) is 1.83. The van der Waals surface area contributed by atoms with Crippen LogP contribution in [0.2, 0.25) is 0 Å². The number of hydrogen-bond donors (Lipinski definition) is 1. The number of rotatable bonds is 2. The second-order valence-electron chi connectivity index (χ2n) is 4.97. The van der Waals surface area contributed by atoms with Crippen LogP contribution in [0, 0.1) is 5.82 Å². The minimum atomic E-state index is -0.569. The van der Waals surface area contributed by atoms with Gasteiger partial charge in [0.1, 0.15) is 11.9 Å². The van der Waals surface area contributed by atoms with E-state index in [0.29, 0.717) is 12.2 Å². The fourth-order valence-electron chi connectivity index (χ4n) is 2.40. The normalized spacial score (nSPS) is 25.5. The van der Waals surface area contributed by atoms with Crippen LogP contribution in [-0.4, -0.2) is 48.2 Å². The Kier molecular flexibility index (Phi) is 4.17. The second kappa shape index (κ2) is 5.67. The van der Waals surface area contributed by atoms with Crippen LogP contribution in [0.25, 0.3) is 0 Å². The highest BCUT2D eigenvalue weighted by atomic mass is 19.1. The maximum absolute atomic E-state index is 13.3. The van der Waals surface area contributed by atoms with Crippen molar-refractivity contribution in [3.8, 4) is 0 Å². The highest BCUT2D eigenvalue weighted by Gasteiger charge is 2.34. The lowest BCUT2D eigenvalue weighted by atomic mass is 10.2. The third-order valence-corrected chi connectivity index (χ3v) is 3.80. The summed E-state index contributed by atoms with van der Waals surface area (Å²) in [5, 5.41) is 9.43. The number of carbonyl (C=O) groups is 1. The summed E-state index contributed by atoms with van der Waals surface area (Å²) in [5.41, 5.74) is 0.547. The SMILES string of the molecule is CC1CCN(c2cccc(F)c2)C(=O)C(CO)N1C. The molecule has 2 atom stereocenters. The molecule has 1 aliphatic heterocycles. The largest absolute Gasteiger partial charge is 0.394 e. The quantitative estimate of drug-likeness (QED) is 0.876. The highest BCUT2D eigenvalue weighted by Crippen LogP contribution is 2.22. The first-order valence-electron chi connectivity index (χ1n) is 6.44. The van der Waals surface area contributed by atoms with E-state index in [9.17, 15) is 14.3 Å². The van der Waals surface area contributed by atoms with Gasteiger partial charge in [0.2, 0.25) is 5.91 Å². The predicted molar refractivity (Wildman–Crippen MR) is 71.5 cm³/mol. The van der Waals surface area contributed by atoms with Gasteiger partial charge in [-0.1, -0.05) is 6.07 Å². The van der Waals surface area contributed by atoms with E-state index in [0.717, 1.165) is 6.42 Å². The number of nitrogens with zero attached hydrogens (tertiary/aromatic N) is 2. The van der Waals surface area contributed by atoms with Gasteiger partial charge in [0.25, 0.3) is 0 Å². The molecule has 1 aromatic rings. The van der Waals surface area contributed by atoms with E-state index in [4.69, 9.17) is 0 Å². The zero-order chi connectivity index (χ0) is 14.0. The smallest absolute Gasteiger partial charge is 0.246 e. The molecule has 0 bridgehead atoms. The average Bonchev–Trinajstić information content (AvgIpc) is 2.48. The number of amides is 1. The molecule has 4 nitrogen and oxygen atoms in total. The first-order chi connectivity index (χ1) is 9.04. The Morgan fingerprint density at radius 3 is 2.84 bits per heavy atom. The number of hydrogen-bond acceptors (Lipinski definition) is 3. The van der Waals surface area contributed by atoms with Crippen molar-refractivity contribution in [2.24, 2.45) is 0 Å². The van der Waals surface area contributed by atoms with Gasteiger partial charge in [-0.2, -0.15) is 0 Å². The van der Waals surface area contributed by atoms with Crippen molar-refractivity contribution < 1.29 is 14.3 Å². The molecule has 19 heavy (non-hydrogen) atoms. The molecule has 2 unspecified atom stereocenters. The van der Waals surface area contributed by atoms with Gasteiger partial charge in [0.05, 0.1) is 6.61 Å². The minimum Gasteiger partial charge on any atom is -0.394 e. The van der Waals surface area contributed by atoms with Crippen molar-refractivity contribution in [3.63, 3.8) is 0 Å². The summed E-state index contributed by atoms with van der Waals surface area (Å²) >= 11 is 0. The molecule has 2 rings (SSSR count). The van der Waals surface area contributed by atoms with Crippen molar-refractivity contribution in [1.29, 1.82) is 0 Å². The van der Waals surface area contributed by atoms with Gasteiger partial charge < -0.3 is 10.0 Å². The van der Waals surface area contributed by atoms with Gasteiger partial charge in [-0.05, 0) is 38.6 Å². The number of carbonyl (C=O) groups excluding carboxylic acids is 1. The summed E-state index contributed by atoms with van der Waals surface area (Å²) < 4.78 is 13.3. The van der Waals surface area contributed by atoms with Gasteiger partial charge in [-0.3, -0.25) is 9.69 Å². The fraction of sp³-hybridized carbons (Fsp3) is 0.500. The molecule has 0 saturated carbocycles. The Balaban J connectivity index is 2.32. The standard InChI is InChI=1S/C14H19FN2O2/c1-10-6-7-17(12-5-3-4-11(15)8-12)14(19)13(9-18)16(10)2/h3-5,8,10,13,18H,6-7,9H2,1-2H3. The number of aliphatic hydroxyl groups excluding tert-OH is 1. The van der Waals surface area contributed by atoms with Crippen LogP contribution in [0.4, 0.5) is 10.1 Å². The first-order valence-corrected chi connectivity index (χ1v) is 6.44. The summed E-state index contributed by atoms with van der Waals surface area (Å²) in [4.78, 5) is 15.9. The molecule has 1 heterocycles. The molecule has 1 amide bonds. The van der Waals surface area contributed by atoms with E-state index < -0.39 is 6.04 Å². The zero-order valence-corrected chi connectivity index (χ0v) is 11.2. The highest BCUT2D eigenvalue weighted by molar-refractivity contribution is 5.97. The van der Waals surface area contributed by atoms with Crippen molar-refractivity contribution in [2.75, 3.05) is 25.1 Å². The molecule has 0 aliphatic carbocycles. The summed E-state index contributed by atoms with van der Waals surface area (Å²) in [6.45, 7) is 2.32. The summed E-state index contributed by atoms with van der Waals surface area (Å²) in [6.07, 6.45) is 0.787. The third-order valence-electron chi connectivity index (χ3n) is 3.80. The molecule has 1 aliphatic rings. The molecule has 0 aromatic heterocycles. The Morgan fingerprint density at radius 2 is 2.21 bits per heavy atom. The van der Waals surface area contributed by atoms with Crippen LogP contribution in [-0.2, 0) is 4.79 Å². The maximum Gasteiger partial charge on any atom is 0.246 e. The lowest BCUT2D eigenvalue weighted by molar-refractivity contribution is -0.124. The predicted octanol–water partition coefficient (Wildman–Crippen LogP) is 1.24. The van der Waals surface area contributed by atoms with E-state index in [-0.39, 0.29) is 24.4 Å². The van der Waals surface area contributed by atoms with Gasteiger partial charge in [-0.15, -0.1) is 0 Å². The van der Waals surface area contributed by atoms with E-state index in [1.807, 2.05) is 18.9 Å². The number of aliphatic hydroxyl groups is 1. The molecular formula is C14H19FN2O2. The van der Waals surface area contributed by atoms with Gasteiger partial charge in [0.15, 0.2) is 0 Å². The summed E-state index contributed by atoms with van der Waals surface area (Å²) in [6, 6.07) is 5.63. The van der Waals surface area contributed by atoms with E-state index in [1.54, 1.807) is 17.0 Å². The van der Waals surface area contributed by atoms with Crippen molar-refractivity contribution in [3.05, 3.63) is 30.1 Å². The van der Waals surface area contributed by atoms with E-state index in [2.05, 4.69) is 0 Å². The van der Waals surface area contributed by atoms with Gasteiger partial charge in [-0.25, -0.2) is 4.39 Å². The van der Waals surface area contributed by atoms with Crippen molar-refractivity contribution >= 4 is 11.6 Å². The van der Waals surface area contributed by atoms with E-state index >= 15 is 0 Å². The molecule has 1 fully saturated rings. The maximum atomic E-state index is 13.3. The first kappa shape index (κ1) is 14.0. The van der Waals surface area contributed by atoms with Gasteiger partial charge in [0, 0.05) is 18.3 Å². The van der Waals surface area contributed by atoms with Crippen LogP contribution in [0.15, 0.2) is 24.3 Å². The minimum absolute atomic E-state index is 0.181. The molecule has 0 radical (unpaired) electrons. The molecule has 1 saturated heterocycles. The Labute approximate surface area is 112 Å². The van der Waals surface area contributed by atoms with Crippen molar-refractivity contribution in [1.82, 2.24) is 4.90 Å². The lowest BCUT2D eigenvalue weighted by Crippen LogP contribution is -2.48. The molecule has 104 valence electrons. The molecule has 5 heteroatoms. The zero-order valence-electron chi connectivity index (χ0n) is 11.2. The third kappa shape index (κ3) is 2.77. The number of benzene rings is 1. The van der Waals surface area contributed by atoms with Crippen LogP contribution < -0.4 is 4.90 Å². The van der Waals surface area contributed by atoms with Crippen LogP contribution in [0.5, 0.6) is 0 Å². The molecular weight excluding hydrogens is 247 g/mol. The molecule has 0 spiro atoms. The van der Waals surface area contributed by atoms with Gasteiger partial charge >= 0.3 is 0 Å². The Morgan fingerprint density at radius 1 is 1.47 bits per heavy atom. The Bertz CT molecular complexity index is 467. The number of halogens is 1. The fourth-order valence-corrected chi connectivity index (χ4v) is 2.40. The van der Waals surface area contributed by atoms with Crippen LogP contribution in [0.3, 0.4) is 0 Å². The summed E-state index contributed by atoms with van der Waals surface area (Å²) in [5.74, 6) is -0.545. The molecule has 1 N–H and O–H groups in total. The number of anilines is 1. The topological polar surface area (TPSA) is 43.8 Å². The Hall–Kier alpha value is -1.46. The van der Waals surface area contributed by atoms with Crippen LogP contribution in [0.1, 0.15) is 13.3 Å². The van der Waals surface area contributed by atoms with E-state index in [1.165, 1.54) is 12.1 Å². The van der Waals surface area contributed by atoms with Crippen LogP contribution >= 0.6 is 0 Å². The van der Waals surface area contributed by atoms with Crippen molar-refractivity contribution in [2.45, 2.75) is 25.4 Å². The second-order valence-corrected chi connectivity index (χ2v) is 4.97. The molecule has 1 aromatic carbocycles.